The highest BCUT2D eigenvalue weighted by atomic mass is 19.4. The number of hydrogen-bond acceptors (Lipinski definition) is 3. The molecule has 2 aliphatic rings. The first-order valence-corrected chi connectivity index (χ1v) is 13.6. The lowest BCUT2D eigenvalue weighted by molar-refractivity contribution is -0.274. The number of fused-ring (bicyclic) bond motifs is 1. The number of carbonyl (C=O) groups is 1. The van der Waals surface area contributed by atoms with E-state index in [0.29, 0.717) is 11.5 Å². The van der Waals surface area contributed by atoms with Crippen LogP contribution in [0.3, 0.4) is 0 Å². The van der Waals surface area contributed by atoms with Crippen LogP contribution in [-0.4, -0.2) is 12.3 Å². The number of rotatable bonds is 9. The van der Waals surface area contributed by atoms with Crippen LogP contribution < -0.4 is 9.47 Å². The van der Waals surface area contributed by atoms with Crippen LogP contribution in [0, 0.1) is 23.6 Å². The molecule has 4 rings (SSSR count). The van der Waals surface area contributed by atoms with Crippen LogP contribution >= 0.6 is 0 Å². The van der Waals surface area contributed by atoms with Gasteiger partial charge >= 0.3 is 12.3 Å². The fourth-order valence-electron chi connectivity index (χ4n) is 6.25. The van der Waals surface area contributed by atoms with E-state index in [4.69, 9.17) is 4.74 Å². The lowest BCUT2D eigenvalue weighted by Gasteiger charge is -2.42. The van der Waals surface area contributed by atoms with Crippen molar-refractivity contribution in [2.45, 2.75) is 89.8 Å². The zero-order chi connectivity index (χ0) is 26.4. The van der Waals surface area contributed by atoms with Gasteiger partial charge in [-0.3, -0.25) is 0 Å². The van der Waals surface area contributed by atoms with Crippen LogP contribution in [0.4, 0.5) is 17.6 Å². The van der Waals surface area contributed by atoms with E-state index in [1.165, 1.54) is 69.6 Å². The topological polar surface area (TPSA) is 35.5 Å². The van der Waals surface area contributed by atoms with Crippen LogP contribution in [0.25, 0.3) is 0 Å². The number of esters is 1. The fourth-order valence-corrected chi connectivity index (χ4v) is 6.25. The molecule has 0 bridgehead atoms. The van der Waals surface area contributed by atoms with Crippen molar-refractivity contribution < 1.29 is 31.8 Å². The summed E-state index contributed by atoms with van der Waals surface area (Å²) < 4.78 is 61.0. The molecule has 0 aliphatic heterocycles. The van der Waals surface area contributed by atoms with Crippen molar-refractivity contribution in [3.63, 3.8) is 0 Å². The Morgan fingerprint density at radius 1 is 0.892 bits per heavy atom. The smallest absolute Gasteiger partial charge is 0.423 e. The standard InChI is InChI=1S/C30H36F4O3/c1-2-3-4-5-6-20-7-8-22-18-23(10-9-21(22)17-20)27-16-11-24(19-28(27)31)29(35)36-25-12-14-26(15-13-25)37-30(32,33)34/h11-16,19-23H,2-10,17-18H2,1H3. The van der Waals surface area contributed by atoms with Crippen LogP contribution in [0.1, 0.15) is 99.4 Å². The molecule has 2 aromatic rings. The highest BCUT2D eigenvalue weighted by Gasteiger charge is 2.36. The third-order valence-electron chi connectivity index (χ3n) is 8.13. The van der Waals surface area contributed by atoms with Crippen LogP contribution in [0.15, 0.2) is 42.5 Å². The fraction of sp³-hybridized carbons (Fsp3) is 0.567. The van der Waals surface area contributed by atoms with Crippen molar-refractivity contribution >= 4 is 5.97 Å². The Morgan fingerprint density at radius 2 is 1.59 bits per heavy atom. The Balaban J connectivity index is 1.30. The number of hydrogen-bond donors (Lipinski definition) is 0. The SMILES string of the molecule is CCCCCCC1CCC2CC(c3ccc(C(=O)Oc4ccc(OC(F)(F)F)cc4)cc3F)CCC2C1. The summed E-state index contributed by atoms with van der Waals surface area (Å²) >= 11 is 0. The molecule has 0 radical (unpaired) electrons. The summed E-state index contributed by atoms with van der Waals surface area (Å²) in [5.74, 6) is 0.873. The largest absolute Gasteiger partial charge is 0.573 e. The van der Waals surface area contributed by atoms with Crippen LogP contribution in [0.5, 0.6) is 11.5 Å². The molecule has 3 nitrogen and oxygen atoms in total. The van der Waals surface area contributed by atoms with Crippen molar-refractivity contribution in [1.82, 2.24) is 0 Å². The van der Waals surface area contributed by atoms with E-state index in [-0.39, 0.29) is 17.2 Å². The molecule has 0 aromatic heterocycles. The molecule has 2 aromatic carbocycles. The quantitative estimate of drug-likeness (QED) is 0.143. The highest BCUT2D eigenvalue weighted by molar-refractivity contribution is 5.91. The first-order chi connectivity index (χ1) is 17.7. The first-order valence-electron chi connectivity index (χ1n) is 13.6. The van der Waals surface area contributed by atoms with Gasteiger partial charge in [-0.05, 0) is 97.7 Å². The Hall–Kier alpha value is -2.57. The third kappa shape index (κ3) is 7.71. The van der Waals surface area contributed by atoms with Gasteiger partial charge in [-0.1, -0.05) is 51.5 Å². The Labute approximate surface area is 216 Å². The summed E-state index contributed by atoms with van der Waals surface area (Å²) in [4.78, 5) is 12.5. The minimum atomic E-state index is -4.80. The average Bonchev–Trinajstić information content (AvgIpc) is 2.86. The number of benzene rings is 2. The summed E-state index contributed by atoms with van der Waals surface area (Å²) in [6.07, 6.45) is 8.79. The average molecular weight is 521 g/mol. The summed E-state index contributed by atoms with van der Waals surface area (Å²) in [6.45, 7) is 2.24. The van der Waals surface area contributed by atoms with Crippen molar-refractivity contribution in [2.24, 2.45) is 17.8 Å². The molecule has 0 amide bonds. The third-order valence-corrected chi connectivity index (χ3v) is 8.13. The van der Waals surface area contributed by atoms with Gasteiger partial charge in [0.25, 0.3) is 0 Å². The summed E-state index contributed by atoms with van der Waals surface area (Å²) in [5, 5.41) is 0. The molecule has 202 valence electrons. The monoisotopic (exact) mass is 520 g/mol. The maximum absolute atomic E-state index is 15.1. The van der Waals surface area contributed by atoms with Gasteiger partial charge in [-0.2, -0.15) is 0 Å². The van der Waals surface area contributed by atoms with E-state index in [0.717, 1.165) is 43.2 Å². The summed E-state index contributed by atoms with van der Waals surface area (Å²) in [7, 11) is 0. The first kappa shape index (κ1) is 27.5. The number of alkyl halides is 3. The highest BCUT2D eigenvalue weighted by Crippen LogP contribution is 2.48. The summed E-state index contributed by atoms with van der Waals surface area (Å²) in [6, 6.07) is 8.96. The Morgan fingerprint density at radius 3 is 2.30 bits per heavy atom. The predicted molar refractivity (Wildman–Crippen MR) is 134 cm³/mol. The van der Waals surface area contributed by atoms with Crippen molar-refractivity contribution in [3.05, 3.63) is 59.4 Å². The van der Waals surface area contributed by atoms with E-state index < -0.39 is 23.9 Å². The predicted octanol–water partition coefficient (Wildman–Crippen LogP) is 9.21. The maximum atomic E-state index is 15.1. The minimum Gasteiger partial charge on any atom is -0.423 e. The molecule has 37 heavy (non-hydrogen) atoms. The molecular formula is C30H36F4O3. The lowest BCUT2D eigenvalue weighted by atomic mass is 9.63. The zero-order valence-electron chi connectivity index (χ0n) is 21.4. The molecule has 0 spiro atoms. The maximum Gasteiger partial charge on any atom is 0.573 e. The molecule has 2 fully saturated rings. The number of unbranched alkanes of at least 4 members (excludes halogenated alkanes) is 3. The van der Waals surface area contributed by atoms with E-state index in [2.05, 4.69) is 11.7 Å². The zero-order valence-corrected chi connectivity index (χ0v) is 21.4. The van der Waals surface area contributed by atoms with Crippen molar-refractivity contribution in [1.29, 1.82) is 0 Å². The number of halogens is 4. The second-order valence-electron chi connectivity index (χ2n) is 10.7. The van der Waals surface area contributed by atoms with Crippen molar-refractivity contribution in [3.8, 4) is 11.5 Å². The van der Waals surface area contributed by atoms with E-state index in [9.17, 15) is 18.0 Å². The molecule has 4 unspecified atom stereocenters. The van der Waals surface area contributed by atoms with Crippen LogP contribution in [0.2, 0.25) is 0 Å². The van der Waals surface area contributed by atoms with E-state index >= 15 is 4.39 Å². The van der Waals surface area contributed by atoms with Gasteiger partial charge in [0, 0.05) is 0 Å². The minimum absolute atomic E-state index is 0.0447. The second kappa shape index (κ2) is 12.3. The van der Waals surface area contributed by atoms with Gasteiger partial charge in [-0.15, -0.1) is 13.2 Å². The van der Waals surface area contributed by atoms with Crippen molar-refractivity contribution in [2.75, 3.05) is 0 Å². The molecule has 7 heteroatoms. The normalized spacial score (nSPS) is 23.8. The van der Waals surface area contributed by atoms with E-state index in [1.54, 1.807) is 12.1 Å². The number of ether oxygens (including phenoxy) is 2. The number of carbonyl (C=O) groups excluding carboxylic acids is 1. The molecule has 0 heterocycles. The van der Waals surface area contributed by atoms with Gasteiger partial charge < -0.3 is 9.47 Å². The Bertz CT molecular complexity index is 1030. The van der Waals surface area contributed by atoms with Gasteiger partial charge in [0.1, 0.15) is 17.3 Å². The van der Waals surface area contributed by atoms with E-state index in [1.807, 2.05) is 0 Å². The molecule has 0 N–H and O–H groups in total. The van der Waals surface area contributed by atoms with Gasteiger partial charge in [0.2, 0.25) is 0 Å². The van der Waals surface area contributed by atoms with Gasteiger partial charge in [-0.25, -0.2) is 9.18 Å². The van der Waals surface area contributed by atoms with Crippen LogP contribution in [-0.2, 0) is 0 Å². The lowest BCUT2D eigenvalue weighted by Crippen LogP contribution is -2.30. The molecule has 0 saturated heterocycles. The van der Waals surface area contributed by atoms with Gasteiger partial charge in [0.05, 0.1) is 5.56 Å². The van der Waals surface area contributed by atoms with Gasteiger partial charge in [0.15, 0.2) is 0 Å². The summed E-state index contributed by atoms with van der Waals surface area (Å²) in [5.41, 5.74) is 0.722. The molecule has 2 saturated carbocycles. The molecule has 2 aliphatic carbocycles. The Kier molecular flexibility index (Phi) is 9.14. The second-order valence-corrected chi connectivity index (χ2v) is 10.7. The molecular weight excluding hydrogens is 484 g/mol. The molecule has 4 atom stereocenters.